The van der Waals surface area contributed by atoms with Gasteiger partial charge in [0.15, 0.2) is 38.1 Å². The van der Waals surface area contributed by atoms with Crippen LogP contribution in [0.5, 0.6) is 0 Å². The zero-order valence-corrected chi connectivity index (χ0v) is 10.3. The van der Waals surface area contributed by atoms with Gasteiger partial charge >= 0.3 is 0 Å². The lowest BCUT2D eigenvalue weighted by Gasteiger charge is -2.00. The van der Waals surface area contributed by atoms with E-state index < -0.39 is 15.8 Å². The second kappa shape index (κ2) is 17.0. The average Bonchev–Trinajstić information content (AvgIpc) is 2.24. The number of hydrogen-bond acceptors (Lipinski definition) is 6. The van der Waals surface area contributed by atoms with Gasteiger partial charge in [0.25, 0.3) is 0 Å². The van der Waals surface area contributed by atoms with Gasteiger partial charge in [-0.1, -0.05) is 0 Å². The van der Waals surface area contributed by atoms with Crippen molar-refractivity contribution in [2.24, 2.45) is 0 Å². The fraction of sp³-hybridized carbons (Fsp3) is 1.00. The summed E-state index contributed by atoms with van der Waals surface area (Å²) in [4.78, 5) is 0. The first-order valence-electron chi connectivity index (χ1n) is 4.02. The summed E-state index contributed by atoms with van der Waals surface area (Å²) in [7, 11) is -2.39. The average molecular weight is 266 g/mol. The van der Waals surface area contributed by atoms with Crippen LogP contribution in [-0.4, -0.2) is 68.7 Å². The molecule has 7 nitrogen and oxygen atoms in total. The largest absolute Gasteiger partial charge is 2.00 e. The third-order valence-electron chi connectivity index (χ3n) is 1.34. The summed E-state index contributed by atoms with van der Waals surface area (Å²) >= 11 is 0. The first-order chi connectivity index (χ1) is 6.69. The van der Waals surface area contributed by atoms with E-state index in [0.29, 0.717) is 0 Å². The molecule has 0 fully saturated rings. The molecule has 0 amide bonds. The molecule has 0 saturated heterocycles. The van der Waals surface area contributed by atoms with Gasteiger partial charge in [0.2, 0.25) is 0 Å². The van der Waals surface area contributed by atoms with E-state index in [2.05, 4.69) is 0 Å². The maximum Gasteiger partial charge on any atom is 0.156 e. The lowest BCUT2D eigenvalue weighted by molar-refractivity contribution is 0.319. The molecule has 9 heteroatoms. The molecule has 0 spiro atoms. The molecule has 0 aromatic heterocycles. The second-order valence-corrected chi connectivity index (χ2v) is 7.35. The Morgan fingerprint density at radius 1 is 0.467 bits per heavy atom. The van der Waals surface area contributed by atoms with Crippen LogP contribution < -0.4 is 0 Å². The minimum Gasteiger partial charge on any atom is -2.00 e. The van der Waals surface area contributed by atoms with Crippen LogP contribution in [0.4, 0.5) is 0 Å². The van der Waals surface area contributed by atoms with E-state index in [1.807, 2.05) is 0 Å². The fourth-order valence-electron chi connectivity index (χ4n) is 0.300. The Morgan fingerprint density at radius 3 is 0.600 bits per heavy atom. The highest BCUT2D eigenvalue weighted by molar-refractivity contribution is 7.57. The molecule has 0 rings (SSSR count). The molecule has 0 radical (unpaired) electrons. The van der Waals surface area contributed by atoms with E-state index in [9.17, 15) is 0 Å². The molecule has 15 heavy (non-hydrogen) atoms. The van der Waals surface area contributed by atoms with E-state index in [0.717, 1.165) is 0 Å². The molecule has 0 heterocycles. The van der Waals surface area contributed by atoms with Crippen LogP contribution in [0.2, 0.25) is 0 Å². The lowest BCUT2D eigenvalue weighted by Crippen LogP contribution is -1.91. The van der Waals surface area contributed by atoms with Crippen LogP contribution in [0, 0.1) is 0 Å². The molecule has 0 bridgehead atoms. The maximum absolute atomic E-state index is 8.25. The number of hydrogen-bond donors (Lipinski definition) is 6. The predicted octanol–water partition coefficient (Wildman–Crippen LogP) is -2.02. The molecule has 0 aromatic rings. The Kier molecular flexibility index (Phi) is 23.7. The van der Waals surface area contributed by atoms with Crippen molar-refractivity contribution in [3.8, 4) is 0 Å². The van der Waals surface area contributed by atoms with Crippen LogP contribution in [0.15, 0.2) is 0 Å². The van der Waals surface area contributed by atoms with Crippen molar-refractivity contribution in [3.05, 3.63) is 0 Å². The molecule has 0 aromatic carbocycles. The van der Waals surface area contributed by atoms with E-state index in [1.165, 1.54) is 0 Å². The Labute approximate surface area is 90.8 Å². The van der Waals surface area contributed by atoms with E-state index >= 15 is 0 Å². The smallest absolute Gasteiger partial charge is 0.156 e. The molecule has 0 saturated carbocycles. The van der Waals surface area contributed by atoms with Gasteiger partial charge in [0.1, 0.15) is 0 Å². The summed E-state index contributed by atoms with van der Waals surface area (Å²) in [6.45, 7) is 0. The Bertz CT molecular complexity index is 76.5. The summed E-state index contributed by atoms with van der Waals surface area (Å²) in [5.41, 5.74) is 0. The van der Waals surface area contributed by atoms with Gasteiger partial charge in [-0.15, -0.1) is 0 Å². The highest BCUT2D eigenvalue weighted by atomic mass is 31.1. The lowest BCUT2D eigenvalue weighted by atomic mass is 11.6. The minimum absolute atomic E-state index is 0. The van der Waals surface area contributed by atoms with E-state index in [1.54, 1.807) is 0 Å². The third-order valence-corrected chi connectivity index (χ3v) is 4.02. The first kappa shape index (κ1) is 20.9. The molecule has 0 aliphatic rings. The molecular weight excluding hydrogens is 246 g/mol. The molecule has 0 atom stereocenters. The number of aliphatic hydroxyl groups is 6. The van der Waals surface area contributed by atoms with Crippen molar-refractivity contribution in [2.75, 3.05) is 38.1 Å². The van der Waals surface area contributed by atoms with Crippen molar-refractivity contribution in [1.82, 2.24) is 0 Å². The van der Waals surface area contributed by atoms with Crippen molar-refractivity contribution in [2.45, 2.75) is 0 Å². The maximum atomic E-state index is 8.25. The van der Waals surface area contributed by atoms with Crippen LogP contribution >= 0.6 is 15.8 Å². The monoisotopic (exact) mass is 266 g/mol. The molecule has 0 aliphatic heterocycles. The van der Waals surface area contributed by atoms with Crippen molar-refractivity contribution in [3.63, 3.8) is 0 Å². The van der Waals surface area contributed by atoms with Gasteiger partial charge in [-0.25, -0.2) is 0 Å². The van der Waals surface area contributed by atoms with Gasteiger partial charge in [-0.3, -0.25) is 0 Å². The summed E-state index contributed by atoms with van der Waals surface area (Å²) in [5.74, 6) is 0. The third kappa shape index (κ3) is 14.6. The predicted molar refractivity (Wildman–Crippen MR) is 59.8 cm³/mol. The van der Waals surface area contributed by atoms with Crippen LogP contribution in [0.1, 0.15) is 0 Å². The standard InChI is InChI=1S/2C3H9O3P.O/c2*4-1-7(2-5)3-6;/h2*4-6H,1-3H2;/q;;-2/p+2. The van der Waals surface area contributed by atoms with Crippen molar-refractivity contribution < 1.29 is 36.1 Å². The van der Waals surface area contributed by atoms with Gasteiger partial charge in [0.05, 0.1) is 15.8 Å². The number of aliphatic hydroxyl groups excluding tert-OH is 6. The quantitative estimate of drug-likeness (QED) is 0.305. The summed E-state index contributed by atoms with van der Waals surface area (Å²) < 4.78 is 0. The summed E-state index contributed by atoms with van der Waals surface area (Å²) in [5, 5.41) is 49.5. The SMILES string of the molecule is OC[PH+](CO)CO.OC[PH+](CO)CO.[O-2]. The fourth-order valence-corrected chi connectivity index (χ4v) is 0.900. The highest BCUT2D eigenvalue weighted by Crippen LogP contribution is 2.29. The van der Waals surface area contributed by atoms with Crippen molar-refractivity contribution in [1.29, 1.82) is 0 Å². The molecule has 96 valence electrons. The summed E-state index contributed by atoms with van der Waals surface area (Å²) in [6.07, 6.45) is -0.264. The van der Waals surface area contributed by atoms with Crippen LogP contribution in [0.3, 0.4) is 0 Å². The van der Waals surface area contributed by atoms with E-state index in [4.69, 9.17) is 30.6 Å². The minimum atomic E-state index is -1.20. The molecule has 0 unspecified atom stereocenters. The van der Waals surface area contributed by atoms with Crippen molar-refractivity contribution >= 4 is 15.8 Å². The Morgan fingerprint density at radius 2 is 0.600 bits per heavy atom. The molecule has 6 N–H and O–H groups in total. The Balaban J connectivity index is -0.000000180. The van der Waals surface area contributed by atoms with Gasteiger partial charge in [0, 0.05) is 0 Å². The number of rotatable bonds is 6. The van der Waals surface area contributed by atoms with Crippen LogP contribution in [-0.2, 0) is 5.48 Å². The van der Waals surface area contributed by atoms with Gasteiger partial charge in [-0.05, 0) is 0 Å². The zero-order chi connectivity index (χ0) is 11.4. The first-order valence-corrected chi connectivity index (χ1v) is 8.26. The topological polar surface area (TPSA) is 150 Å². The zero-order valence-electron chi connectivity index (χ0n) is 8.33. The van der Waals surface area contributed by atoms with Crippen LogP contribution in [0.25, 0.3) is 0 Å². The normalized spacial score (nSPS) is 9.60. The van der Waals surface area contributed by atoms with Gasteiger partial charge < -0.3 is 36.1 Å². The molecular formula is C6H20O7P2. The second-order valence-electron chi connectivity index (χ2n) is 2.45. The van der Waals surface area contributed by atoms with E-state index in [-0.39, 0.29) is 43.6 Å². The Hall–Kier alpha value is 0.580. The van der Waals surface area contributed by atoms with Gasteiger partial charge in [-0.2, -0.15) is 0 Å². The summed E-state index contributed by atoms with van der Waals surface area (Å²) in [6, 6.07) is 0. The molecule has 0 aliphatic carbocycles. The highest BCUT2D eigenvalue weighted by Gasteiger charge is 2.08.